The molecule has 1 atom stereocenters. The van der Waals surface area contributed by atoms with Gasteiger partial charge in [0.1, 0.15) is 6.04 Å². The molecule has 0 fully saturated rings. The number of anilines is 2. The van der Waals surface area contributed by atoms with Gasteiger partial charge < -0.3 is 10.1 Å². The highest BCUT2D eigenvalue weighted by atomic mass is 35.5. The van der Waals surface area contributed by atoms with Crippen LogP contribution < -0.4 is 9.62 Å². The van der Waals surface area contributed by atoms with Gasteiger partial charge in [0.05, 0.1) is 29.1 Å². The Kier molecular flexibility index (Phi) is 8.08. The van der Waals surface area contributed by atoms with Crippen molar-refractivity contribution in [2.45, 2.75) is 40.2 Å². The van der Waals surface area contributed by atoms with Crippen LogP contribution >= 0.6 is 11.6 Å². The monoisotopic (exact) mass is 466 g/mol. The lowest BCUT2D eigenvalue weighted by Crippen LogP contribution is -2.47. The van der Waals surface area contributed by atoms with E-state index in [0.717, 1.165) is 21.7 Å². The van der Waals surface area contributed by atoms with Crippen molar-refractivity contribution in [1.82, 2.24) is 0 Å². The van der Waals surface area contributed by atoms with Crippen LogP contribution in [-0.4, -0.2) is 39.2 Å². The molecule has 0 radical (unpaired) electrons. The first-order valence-corrected chi connectivity index (χ1v) is 12.1. The number of nitrogens with zero attached hydrogens (tertiary/aromatic N) is 1. The summed E-state index contributed by atoms with van der Waals surface area (Å²) >= 11 is 6.07. The quantitative estimate of drug-likeness (QED) is 0.585. The summed E-state index contributed by atoms with van der Waals surface area (Å²) in [5.74, 6) is -1.13. The van der Waals surface area contributed by atoms with Crippen molar-refractivity contribution in [3.8, 4) is 0 Å². The average molecular weight is 467 g/mol. The van der Waals surface area contributed by atoms with Gasteiger partial charge in [0, 0.05) is 5.69 Å². The molecule has 0 heterocycles. The molecular formula is C22H27ClN2O5S. The highest BCUT2D eigenvalue weighted by Crippen LogP contribution is 2.27. The van der Waals surface area contributed by atoms with Crippen molar-refractivity contribution in [3.05, 3.63) is 58.1 Å². The number of halogens is 1. The number of aryl methyl sites for hydroxylation is 2. The largest absolute Gasteiger partial charge is 0.462 e. The predicted molar refractivity (Wildman–Crippen MR) is 123 cm³/mol. The van der Waals surface area contributed by atoms with Gasteiger partial charge in [-0.1, -0.05) is 24.6 Å². The van der Waals surface area contributed by atoms with Gasteiger partial charge in [0.25, 0.3) is 0 Å². The zero-order chi connectivity index (χ0) is 23.3. The zero-order valence-electron chi connectivity index (χ0n) is 18.2. The van der Waals surface area contributed by atoms with Crippen LogP contribution in [0.25, 0.3) is 0 Å². The third-order valence-electron chi connectivity index (χ3n) is 4.80. The first kappa shape index (κ1) is 24.7. The second-order valence-corrected chi connectivity index (χ2v) is 9.42. The molecule has 0 aliphatic rings. The fourth-order valence-corrected chi connectivity index (χ4v) is 4.52. The number of amides is 1. The summed E-state index contributed by atoms with van der Waals surface area (Å²) in [5.41, 5.74) is 2.77. The number of hydrogen-bond acceptors (Lipinski definition) is 5. The molecule has 31 heavy (non-hydrogen) atoms. The van der Waals surface area contributed by atoms with Gasteiger partial charge in [-0.3, -0.25) is 9.10 Å². The minimum Gasteiger partial charge on any atom is -0.462 e. The minimum absolute atomic E-state index is 0.114. The van der Waals surface area contributed by atoms with E-state index in [9.17, 15) is 18.0 Å². The number of carbonyl (C=O) groups excluding carboxylic acids is 2. The Morgan fingerprint density at radius 3 is 2.32 bits per heavy atom. The second kappa shape index (κ2) is 10.2. The van der Waals surface area contributed by atoms with Crippen LogP contribution in [0.4, 0.5) is 11.4 Å². The number of hydrogen-bond donors (Lipinski definition) is 1. The lowest BCUT2D eigenvalue weighted by atomic mass is 10.1. The zero-order valence-corrected chi connectivity index (χ0v) is 19.8. The van der Waals surface area contributed by atoms with Crippen molar-refractivity contribution in [3.63, 3.8) is 0 Å². The van der Waals surface area contributed by atoms with Gasteiger partial charge in [-0.25, -0.2) is 13.2 Å². The number of carbonyl (C=O) groups is 2. The maximum absolute atomic E-state index is 13.1. The summed E-state index contributed by atoms with van der Waals surface area (Å²) in [7, 11) is -3.75. The van der Waals surface area contributed by atoms with Crippen molar-refractivity contribution in [2.24, 2.45) is 0 Å². The highest BCUT2D eigenvalue weighted by Gasteiger charge is 2.32. The molecule has 0 unspecified atom stereocenters. The maximum Gasteiger partial charge on any atom is 0.339 e. The Morgan fingerprint density at radius 1 is 1.10 bits per heavy atom. The summed E-state index contributed by atoms with van der Waals surface area (Å²) in [6.45, 7) is 7.40. The molecule has 9 heteroatoms. The molecule has 0 aliphatic heterocycles. The van der Waals surface area contributed by atoms with Gasteiger partial charge in [0.15, 0.2) is 0 Å². The summed E-state index contributed by atoms with van der Waals surface area (Å²) < 4.78 is 31.3. The molecule has 0 aromatic heterocycles. The van der Waals surface area contributed by atoms with Gasteiger partial charge in [0.2, 0.25) is 15.9 Å². The van der Waals surface area contributed by atoms with Gasteiger partial charge in [-0.05, 0) is 68.7 Å². The highest BCUT2D eigenvalue weighted by molar-refractivity contribution is 7.92. The summed E-state index contributed by atoms with van der Waals surface area (Å²) in [5, 5.41) is 2.89. The fraction of sp³-hybridized carbons (Fsp3) is 0.364. The van der Waals surface area contributed by atoms with E-state index in [0.29, 0.717) is 11.4 Å². The molecule has 7 nitrogen and oxygen atoms in total. The molecule has 2 aromatic rings. The number of benzene rings is 2. The number of nitrogens with one attached hydrogen (secondary N) is 1. The standard InChI is InChI=1S/C22H27ClN2O5S/c1-6-20(25(31(5,28)29)17-10-8-14(3)15(4)12-17)21(26)24-16-9-11-19(23)18(13-16)22(27)30-7-2/h8-13,20H,6-7H2,1-5H3,(H,24,26)/t20-/m1/s1. The van der Waals surface area contributed by atoms with Crippen LogP contribution in [0.2, 0.25) is 5.02 Å². The van der Waals surface area contributed by atoms with E-state index in [1.165, 1.54) is 18.2 Å². The Morgan fingerprint density at radius 2 is 1.77 bits per heavy atom. The SMILES string of the molecule is CCOC(=O)c1cc(NC(=O)[C@@H](CC)N(c2ccc(C)c(C)c2)S(C)(=O)=O)ccc1Cl. The lowest BCUT2D eigenvalue weighted by molar-refractivity contribution is -0.117. The van der Waals surface area contributed by atoms with E-state index in [1.807, 2.05) is 19.9 Å². The van der Waals surface area contributed by atoms with E-state index in [-0.39, 0.29) is 23.6 Å². The minimum atomic E-state index is -3.75. The summed E-state index contributed by atoms with van der Waals surface area (Å²) in [6.07, 6.45) is 1.31. The lowest BCUT2D eigenvalue weighted by Gasteiger charge is -2.30. The van der Waals surface area contributed by atoms with Crippen LogP contribution in [0.1, 0.15) is 41.8 Å². The third-order valence-corrected chi connectivity index (χ3v) is 6.31. The second-order valence-electron chi connectivity index (χ2n) is 7.16. The molecule has 0 aliphatic carbocycles. The third kappa shape index (κ3) is 5.98. The Balaban J connectivity index is 2.39. The average Bonchev–Trinajstić information content (AvgIpc) is 2.68. The molecular weight excluding hydrogens is 440 g/mol. The molecule has 0 saturated carbocycles. The first-order valence-electron chi connectivity index (χ1n) is 9.83. The van der Waals surface area contributed by atoms with E-state index < -0.39 is 27.9 Å². The van der Waals surface area contributed by atoms with Crippen LogP contribution in [0.5, 0.6) is 0 Å². The van der Waals surface area contributed by atoms with E-state index in [1.54, 1.807) is 26.0 Å². The van der Waals surface area contributed by atoms with Crippen LogP contribution in [0, 0.1) is 13.8 Å². The smallest absolute Gasteiger partial charge is 0.339 e. The van der Waals surface area contributed by atoms with Crippen molar-refractivity contribution in [1.29, 1.82) is 0 Å². The number of esters is 1. The van der Waals surface area contributed by atoms with Gasteiger partial charge in [-0.2, -0.15) is 0 Å². The Hall–Kier alpha value is -2.58. The molecule has 168 valence electrons. The van der Waals surface area contributed by atoms with Crippen LogP contribution in [-0.2, 0) is 19.6 Å². The number of ether oxygens (including phenoxy) is 1. The van der Waals surface area contributed by atoms with Gasteiger partial charge >= 0.3 is 5.97 Å². The van der Waals surface area contributed by atoms with Crippen molar-refractivity contribution in [2.75, 3.05) is 22.5 Å². The molecule has 0 spiro atoms. The summed E-state index contributed by atoms with van der Waals surface area (Å²) in [4.78, 5) is 25.2. The van der Waals surface area contributed by atoms with E-state index >= 15 is 0 Å². The van der Waals surface area contributed by atoms with Crippen LogP contribution in [0.15, 0.2) is 36.4 Å². The summed E-state index contributed by atoms with van der Waals surface area (Å²) in [6, 6.07) is 8.68. The number of rotatable bonds is 8. The Labute approximate surface area is 188 Å². The molecule has 2 aromatic carbocycles. The molecule has 2 rings (SSSR count). The van der Waals surface area contributed by atoms with Crippen molar-refractivity contribution < 1.29 is 22.7 Å². The van der Waals surface area contributed by atoms with E-state index in [4.69, 9.17) is 16.3 Å². The topological polar surface area (TPSA) is 92.8 Å². The molecule has 1 N–H and O–H groups in total. The van der Waals surface area contributed by atoms with Crippen molar-refractivity contribution >= 4 is 44.9 Å². The molecule has 0 saturated heterocycles. The fourth-order valence-electron chi connectivity index (χ4n) is 3.12. The normalized spacial score (nSPS) is 12.2. The number of sulfonamides is 1. The Bertz CT molecular complexity index is 1090. The predicted octanol–water partition coefficient (Wildman–Crippen LogP) is 4.32. The van der Waals surface area contributed by atoms with E-state index in [2.05, 4.69) is 5.32 Å². The van der Waals surface area contributed by atoms with Gasteiger partial charge in [-0.15, -0.1) is 0 Å². The molecule has 0 bridgehead atoms. The van der Waals surface area contributed by atoms with Crippen LogP contribution in [0.3, 0.4) is 0 Å². The maximum atomic E-state index is 13.1. The first-order chi connectivity index (χ1) is 14.5. The molecule has 1 amide bonds.